The van der Waals surface area contributed by atoms with Crippen LogP contribution in [0.25, 0.3) is 11.1 Å². The number of nitrogens with one attached hydrogen (secondary N) is 1. The van der Waals surface area contributed by atoms with E-state index < -0.39 is 39.9 Å². The van der Waals surface area contributed by atoms with Crippen LogP contribution < -0.4 is 9.03 Å². The molecule has 0 aliphatic carbocycles. The van der Waals surface area contributed by atoms with Crippen molar-refractivity contribution < 1.29 is 22.7 Å². The molecule has 0 radical (unpaired) electrons. The van der Waals surface area contributed by atoms with Crippen LogP contribution in [0.4, 0.5) is 10.1 Å². The van der Waals surface area contributed by atoms with E-state index in [1.54, 1.807) is 15.6 Å². The van der Waals surface area contributed by atoms with Crippen molar-refractivity contribution in [2.24, 2.45) is 5.92 Å². The van der Waals surface area contributed by atoms with Crippen LogP contribution >= 0.6 is 0 Å². The van der Waals surface area contributed by atoms with Crippen molar-refractivity contribution in [1.29, 1.82) is 0 Å². The van der Waals surface area contributed by atoms with Gasteiger partial charge in [-0.25, -0.2) is 13.4 Å². The fourth-order valence-corrected chi connectivity index (χ4v) is 3.80. The second-order valence-corrected chi connectivity index (χ2v) is 7.77. The molecule has 8 nitrogen and oxygen atoms in total. The number of halogens is 1. The van der Waals surface area contributed by atoms with Gasteiger partial charge in [0, 0.05) is 23.9 Å². The van der Waals surface area contributed by atoms with Crippen LogP contribution in [0, 0.1) is 11.7 Å². The number of phenols is 1. The number of benzene rings is 1. The van der Waals surface area contributed by atoms with Crippen LogP contribution in [0.15, 0.2) is 24.5 Å². The monoisotopic (exact) mass is 368 g/mol. The lowest BCUT2D eigenvalue weighted by Crippen LogP contribution is -2.30. The normalized spacial score (nSPS) is 16.5. The number of rotatable bonds is 4. The van der Waals surface area contributed by atoms with Crippen LogP contribution in [0.2, 0.25) is 0 Å². The molecule has 10 heteroatoms. The van der Waals surface area contributed by atoms with Gasteiger partial charge in [-0.1, -0.05) is 13.8 Å². The van der Waals surface area contributed by atoms with Gasteiger partial charge < -0.3 is 5.11 Å². The summed E-state index contributed by atoms with van der Waals surface area (Å²) in [7, 11) is -4.23. The maximum atomic E-state index is 15.0. The Labute approximate surface area is 144 Å². The fraction of sp³-hybridized carbons (Fsp3) is 0.333. The first kappa shape index (κ1) is 17.2. The summed E-state index contributed by atoms with van der Waals surface area (Å²) in [5.41, 5.74) is -0.0416. The van der Waals surface area contributed by atoms with E-state index in [0.717, 1.165) is 0 Å². The standard InChI is InChI=1S/C15H17FN4O4S/c1-9(2)6-19-7-10(5-17-19)11-3-4-12(21)15(14(11)16)20-8-13(22)18-25(20,23)24/h3-5,7,9,21H,6,8H2,1-2H3,(H,18,22). The smallest absolute Gasteiger partial charge is 0.326 e. The van der Waals surface area contributed by atoms with Gasteiger partial charge in [0.25, 0.3) is 5.91 Å². The highest BCUT2D eigenvalue weighted by atomic mass is 32.2. The minimum absolute atomic E-state index is 0.0809. The summed E-state index contributed by atoms with van der Waals surface area (Å²) in [6.07, 6.45) is 3.10. The van der Waals surface area contributed by atoms with Gasteiger partial charge in [-0.15, -0.1) is 0 Å². The number of phenolic OH excluding ortho intramolecular Hbond substituents is 1. The third kappa shape index (κ3) is 3.16. The summed E-state index contributed by atoms with van der Waals surface area (Å²) < 4.78 is 42.8. The third-order valence-electron chi connectivity index (χ3n) is 3.66. The molecule has 0 saturated carbocycles. The molecule has 2 heterocycles. The Hall–Kier alpha value is -2.62. The van der Waals surface area contributed by atoms with Crippen molar-refractivity contribution in [3.63, 3.8) is 0 Å². The van der Waals surface area contributed by atoms with E-state index in [9.17, 15) is 22.7 Å². The van der Waals surface area contributed by atoms with Gasteiger partial charge >= 0.3 is 10.2 Å². The van der Waals surface area contributed by atoms with E-state index >= 15 is 0 Å². The second-order valence-electron chi connectivity index (χ2n) is 6.18. The molecular formula is C15H17FN4O4S. The van der Waals surface area contributed by atoms with E-state index in [-0.39, 0.29) is 5.56 Å². The molecule has 3 rings (SSSR count). The zero-order valence-corrected chi connectivity index (χ0v) is 14.4. The van der Waals surface area contributed by atoms with Crippen molar-refractivity contribution in [3.8, 4) is 16.9 Å². The summed E-state index contributed by atoms with van der Waals surface area (Å²) in [6.45, 7) is 4.08. The summed E-state index contributed by atoms with van der Waals surface area (Å²) >= 11 is 0. The molecule has 1 aromatic heterocycles. The van der Waals surface area contributed by atoms with Crippen LogP contribution in [0.3, 0.4) is 0 Å². The van der Waals surface area contributed by atoms with Crippen molar-refractivity contribution in [2.45, 2.75) is 20.4 Å². The van der Waals surface area contributed by atoms with Crippen LogP contribution in [-0.2, 0) is 21.5 Å². The largest absolute Gasteiger partial charge is 0.506 e. The molecule has 1 aliphatic heterocycles. The summed E-state index contributed by atoms with van der Waals surface area (Å²) in [6, 6.07) is 2.52. The number of nitrogens with zero attached hydrogens (tertiary/aromatic N) is 3. The molecule has 1 amide bonds. The third-order valence-corrected chi connectivity index (χ3v) is 5.04. The molecule has 0 unspecified atom stereocenters. The molecule has 1 aromatic carbocycles. The molecule has 1 saturated heterocycles. The zero-order chi connectivity index (χ0) is 18.4. The Bertz CT molecular complexity index is 939. The lowest BCUT2D eigenvalue weighted by atomic mass is 10.1. The first-order chi connectivity index (χ1) is 11.7. The number of carbonyl (C=O) groups is 1. The fourth-order valence-electron chi connectivity index (χ4n) is 2.64. The van der Waals surface area contributed by atoms with Crippen LogP contribution in [0.1, 0.15) is 13.8 Å². The molecule has 0 spiro atoms. The van der Waals surface area contributed by atoms with Crippen molar-refractivity contribution in [1.82, 2.24) is 14.5 Å². The van der Waals surface area contributed by atoms with Gasteiger partial charge in [-0.3, -0.25) is 9.48 Å². The molecule has 25 heavy (non-hydrogen) atoms. The predicted molar refractivity (Wildman–Crippen MR) is 88.5 cm³/mol. The molecule has 1 fully saturated rings. The van der Waals surface area contributed by atoms with Gasteiger partial charge in [-0.05, 0) is 18.1 Å². The number of carbonyl (C=O) groups excluding carboxylic acids is 1. The highest BCUT2D eigenvalue weighted by Gasteiger charge is 2.38. The van der Waals surface area contributed by atoms with Gasteiger partial charge in [0.15, 0.2) is 5.82 Å². The van der Waals surface area contributed by atoms with E-state index in [0.29, 0.717) is 22.3 Å². The molecule has 0 atom stereocenters. The van der Waals surface area contributed by atoms with Gasteiger partial charge in [-0.2, -0.15) is 13.5 Å². The van der Waals surface area contributed by atoms with Gasteiger partial charge in [0.1, 0.15) is 18.0 Å². The van der Waals surface area contributed by atoms with Gasteiger partial charge in [0.05, 0.1) is 6.20 Å². The highest BCUT2D eigenvalue weighted by molar-refractivity contribution is 7.92. The molecular weight excluding hydrogens is 351 g/mol. The minimum Gasteiger partial charge on any atom is -0.506 e. The summed E-state index contributed by atoms with van der Waals surface area (Å²) in [4.78, 5) is 11.4. The number of hydrogen-bond donors (Lipinski definition) is 2. The lowest BCUT2D eigenvalue weighted by molar-refractivity contribution is -0.117. The molecule has 134 valence electrons. The van der Waals surface area contributed by atoms with Crippen molar-refractivity contribution >= 4 is 21.8 Å². The average Bonchev–Trinajstić information content (AvgIpc) is 3.03. The zero-order valence-electron chi connectivity index (χ0n) is 13.6. The van der Waals surface area contributed by atoms with Crippen molar-refractivity contribution in [2.75, 3.05) is 10.8 Å². The molecule has 0 bridgehead atoms. The predicted octanol–water partition coefficient (Wildman–Crippen LogP) is 1.23. The van der Waals surface area contributed by atoms with Crippen LogP contribution in [0.5, 0.6) is 5.75 Å². The second kappa shape index (κ2) is 6.03. The van der Waals surface area contributed by atoms with E-state index in [1.165, 1.54) is 18.3 Å². The Morgan fingerprint density at radius 2 is 2.12 bits per heavy atom. The molecule has 1 aliphatic rings. The first-order valence-corrected chi connectivity index (χ1v) is 9.00. The van der Waals surface area contributed by atoms with E-state index in [1.807, 2.05) is 13.8 Å². The minimum atomic E-state index is -4.23. The van der Waals surface area contributed by atoms with Gasteiger partial charge in [0.2, 0.25) is 0 Å². The Balaban J connectivity index is 2.07. The average molecular weight is 368 g/mol. The van der Waals surface area contributed by atoms with Crippen molar-refractivity contribution in [3.05, 3.63) is 30.3 Å². The number of aromatic hydroxyl groups is 1. The quantitative estimate of drug-likeness (QED) is 0.845. The Kier molecular flexibility index (Phi) is 4.15. The number of amides is 1. The number of aromatic nitrogens is 2. The topological polar surface area (TPSA) is 105 Å². The Morgan fingerprint density at radius 1 is 1.40 bits per heavy atom. The first-order valence-electron chi connectivity index (χ1n) is 7.56. The molecule has 2 N–H and O–H groups in total. The van der Waals surface area contributed by atoms with E-state index in [2.05, 4.69) is 5.10 Å². The summed E-state index contributed by atoms with van der Waals surface area (Å²) in [5, 5.41) is 14.1. The SMILES string of the molecule is CC(C)Cn1cc(-c2ccc(O)c(N3CC(=O)NS3(=O)=O)c2F)cn1. The number of anilines is 1. The molecule has 2 aromatic rings. The summed E-state index contributed by atoms with van der Waals surface area (Å²) in [5.74, 6) is -1.96. The maximum Gasteiger partial charge on any atom is 0.326 e. The van der Waals surface area contributed by atoms with Crippen LogP contribution in [-0.4, -0.2) is 35.8 Å². The Morgan fingerprint density at radius 3 is 2.72 bits per heavy atom. The van der Waals surface area contributed by atoms with E-state index in [4.69, 9.17) is 0 Å². The highest BCUT2D eigenvalue weighted by Crippen LogP contribution is 2.38. The number of hydrogen-bond acceptors (Lipinski definition) is 5. The maximum absolute atomic E-state index is 15.0. The lowest BCUT2D eigenvalue weighted by Gasteiger charge is -2.18.